The van der Waals surface area contributed by atoms with Crippen LogP contribution in [0.5, 0.6) is 0 Å². The first-order valence-corrected chi connectivity index (χ1v) is 7.64. The Morgan fingerprint density at radius 1 is 1.00 bits per heavy atom. The highest BCUT2D eigenvalue weighted by Gasteiger charge is 2.12. The summed E-state index contributed by atoms with van der Waals surface area (Å²) in [6, 6.07) is 8.81. The topological polar surface area (TPSA) is 24.1 Å². The molecule has 108 valence electrons. The van der Waals surface area contributed by atoms with Crippen molar-refractivity contribution >= 4 is 5.69 Å². The minimum Gasteiger partial charge on any atom is -0.388 e. The van der Waals surface area contributed by atoms with Crippen molar-refractivity contribution in [3.8, 4) is 0 Å². The summed E-state index contributed by atoms with van der Waals surface area (Å²) in [7, 11) is 1.96. The van der Waals surface area contributed by atoms with Gasteiger partial charge in [-0.3, -0.25) is 0 Å². The fourth-order valence-electron chi connectivity index (χ4n) is 2.30. The summed E-state index contributed by atoms with van der Waals surface area (Å²) in [6.45, 7) is 9.26. The second-order valence-electron chi connectivity index (χ2n) is 5.64. The van der Waals surface area contributed by atoms with Crippen molar-refractivity contribution in [2.75, 3.05) is 25.5 Å². The molecule has 2 heteroatoms. The van der Waals surface area contributed by atoms with Gasteiger partial charge in [0, 0.05) is 12.7 Å². The van der Waals surface area contributed by atoms with Gasteiger partial charge in [0.05, 0.1) is 0 Å². The SMILES string of the molecule is CCCNCCC(C)C(C)Cc1ccc(NC)cc1. The van der Waals surface area contributed by atoms with E-state index in [0.29, 0.717) is 0 Å². The Hall–Kier alpha value is -1.02. The van der Waals surface area contributed by atoms with Crippen LogP contribution in [-0.4, -0.2) is 20.1 Å². The second-order valence-corrected chi connectivity index (χ2v) is 5.64. The van der Waals surface area contributed by atoms with Gasteiger partial charge in [0.1, 0.15) is 0 Å². The van der Waals surface area contributed by atoms with E-state index in [4.69, 9.17) is 0 Å². The highest BCUT2D eigenvalue weighted by Crippen LogP contribution is 2.20. The normalized spacial score (nSPS) is 14.1. The van der Waals surface area contributed by atoms with Gasteiger partial charge in [0.25, 0.3) is 0 Å². The maximum Gasteiger partial charge on any atom is 0.0337 e. The van der Waals surface area contributed by atoms with Crippen molar-refractivity contribution in [1.29, 1.82) is 0 Å². The van der Waals surface area contributed by atoms with Crippen LogP contribution in [0, 0.1) is 11.8 Å². The Kier molecular flexibility index (Phi) is 7.57. The fourth-order valence-corrected chi connectivity index (χ4v) is 2.30. The molecule has 1 aromatic rings. The highest BCUT2D eigenvalue weighted by molar-refractivity contribution is 5.43. The molecule has 0 aliphatic carbocycles. The van der Waals surface area contributed by atoms with E-state index in [9.17, 15) is 0 Å². The van der Waals surface area contributed by atoms with Crippen LogP contribution in [0.1, 0.15) is 39.2 Å². The average Bonchev–Trinajstić information content (AvgIpc) is 2.44. The van der Waals surface area contributed by atoms with Crippen LogP contribution < -0.4 is 10.6 Å². The Bertz CT molecular complexity index is 332. The van der Waals surface area contributed by atoms with E-state index in [-0.39, 0.29) is 0 Å². The number of nitrogens with one attached hydrogen (secondary N) is 2. The van der Waals surface area contributed by atoms with Gasteiger partial charge in [-0.2, -0.15) is 0 Å². The molecule has 1 rings (SSSR count). The third-order valence-electron chi connectivity index (χ3n) is 3.97. The lowest BCUT2D eigenvalue weighted by molar-refractivity contribution is 0.356. The van der Waals surface area contributed by atoms with Crippen LogP contribution >= 0.6 is 0 Å². The molecule has 0 amide bonds. The Morgan fingerprint density at radius 2 is 1.68 bits per heavy atom. The molecule has 1 aromatic carbocycles. The lowest BCUT2D eigenvalue weighted by atomic mass is 9.87. The zero-order chi connectivity index (χ0) is 14.1. The zero-order valence-corrected chi connectivity index (χ0v) is 13.0. The molecule has 0 spiro atoms. The van der Waals surface area contributed by atoms with Crippen LogP contribution in [-0.2, 0) is 6.42 Å². The third kappa shape index (κ3) is 6.11. The molecule has 0 bridgehead atoms. The Balaban J connectivity index is 2.33. The molecule has 2 N–H and O–H groups in total. The highest BCUT2D eigenvalue weighted by atomic mass is 14.8. The Labute approximate surface area is 119 Å². The first-order chi connectivity index (χ1) is 9.17. The number of benzene rings is 1. The molecule has 0 heterocycles. The first-order valence-electron chi connectivity index (χ1n) is 7.64. The minimum atomic E-state index is 0.740. The van der Waals surface area contributed by atoms with E-state index >= 15 is 0 Å². The van der Waals surface area contributed by atoms with E-state index in [0.717, 1.165) is 24.9 Å². The summed E-state index contributed by atoms with van der Waals surface area (Å²) >= 11 is 0. The molecule has 0 saturated carbocycles. The summed E-state index contributed by atoms with van der Waals surface area (Å²) in [6.07, 6.45) is 3.68. The van der Waals surface area contributed by atoms with E-state index in [1.165, 1.54) is 30.5 Å². The number of rotatable bonds is 9. The van der Waals surface area contributed by atoms with Crippen molar-refractivity contribution in [2.45, 2.75) is 40.0 Å². The summed E-state index contributed by atoms with van der Waals surface area (Å²) in [5.41, 5.74) is 2.63. The molecule has 0 aliphatic rings. The van der Waals surface area contributed by atoms with Crippen LogP contribution in [0.4, 0.5) is 5.69 Å². The van der Waals surface area contributed by atoms with Gasteiger partial charge in [-0.25, -0.2) is 0 Å². The summed E-state index contributed by atoms with van der Waals surface area (Å²) in [5.74, 6) is 1.51. The number of anilines is 1. The molecule has 0 fully saturated rings. The molecule has 2 nitrogen and oxygen atoms in total. The lowest BCUT2D eigenvalue weighted by Crippen LogP contribution is -2.21. The molecule has 0 aliphatic heterocycles. The monoisotopic (exact) mass is 262 g/mol. The molecule has 19 heavy (non-hydrogen) atoms. The maximum absolute atomic E-state index is 3.49. The zero-order valence-electron chi connectivity index (χ0n) is 13.0. The molecule has 2 atom stereocenters. The average molecular weight is 262 g/mol. The largest absolute Gasteiger partial charge is 0.388 e. The fraction of sp³-hybridized carbons (Fsp3) is 0.647. The van der Waals surface area contributed by atoms with E-state index in [1.807, 2.05) is 7.05 Å². The van der Waals surface area contributed by atoms with Crippen molar-refractivity contribution in [2.24, 2.45) is 11.8 Å². The molecule has 0 saturated heterocycles. The van der Waals surface area contributed by atoms with Crippen LogP contribution in [0.15, 0.2) is 24.3 Å². The molecular weight excluding hydrogens is 232 g/mol. The van der Waals surface area contributed by atoms with E-state index in [2.05, 4.69) is 55.7 Å². The molecule has 2 unspecified atom stereocenters. The Morgan fingerprint density at radius 3 is 2.26 bits per heavy atom. The van der Waals surface area contributed by atoms with Crippen LogP contribution in [0.25, 0.3) is 0 Å². The van der Waals surface area contributed by atoms with Gasteiger partial charge < -0.3 is 10.6 Å². The lowest BCUT2D eigenvalue weighted by Gasteiger charge is -2.20. The van der Waals surface area contributed by atoms with Crippen LogP contribution in [0.2, 0.25) is 0 Å². The van der Waals surface area contributed by atoms with Crippen molar-refractivity contribution in [3.05, 3.63) is 29.8 Å². The quantitative estimate of drug-likeness (QED) is 0.659. The summed E-state index contributed by atoms with van der Waals surface area (Å²) < 4.78 is 0. The van der Waals surface area contributed by atoms with Crippen molar-refractivity contribution in [1.82, 2.24) is 5.32 Å². The first kappa shape index (κ1) is 16.0. The van der Waals surface area contributed by atoms with Crippen molar-refractivity contribution < 1.29 is 0 Å². The van der Waals surface area contributed by atoms with Gasteiger partial charge in [0.2, 0.25) is 0 Å². The van der Waals surface area contributed by atoms with Crippen LogP contribution in [0.3, 0.4) is 0 Å². The van der Waals surface area contributed by atoms with Gasteiger partial charge in [-0.1, -0.05) is 32.9 Å². The number of hydrogen-bond donors (Lipinski definition) is 2. The van der Waals surface area contributed by atoms with E-state index < -0.39 is 0 Å². The van der Waals surface area contributed by atoms with Gasteiger partial charge in [-0.05, 0) is 61.9 Å². The van der Waals surface area contributed by atoms with Gasteiger partial charge in [0.15, 0.2) is 0 Å². The maximum atomic E-state index is 3.49. The second kappa shape index (κ2) is 8.98. The number of hydrogen-bond acceptors (Lipinski definition) is 2. The summed E-state index contributed by atoms with van der Waals surface area (Å²) in [5, 5.41) is 6.65. The van der Waals surface area contributed by atoms with Gasteiger partial charge >= 0.3 is 0 Å². The van der Waals surface area contributed by atoms with E-state index in [1.54, 1.807) is 0 Å². The summed E-state index contributed by atoms with van der Waals surface area (Å²) in [4.78, 5) is 0. The minimum absolute atomic E-state index is 0.740. The molecule has 0 aromatic heterocycles. The predicted molar refractivity (Wildman–Crippen MR) is 85.8 cm³/mol. The van der Waals surface area contributed by atoms with Gasteiger partial charge in [-0.15, -0.1) is 0 Å². The standard InChI is InChI=1S/C17H30N2/c1-5-11-19-12-10-14(2)15(3)13-16-6-8-17(18-4)9-7-16/h6-9,14-15,18-19H,5,10-13H2,1-4H3. The predicted octanol–water partition coefficient (Wildman–Crippen LogP) is 3.93. The van der Waals surface area contributed by atoms with Crippen molar-refractivity contribution in [3.63, 3.8) is 0 Å². The molecular formula is C17H30N2. The smallest absolute Gasteiger partial charge is 0.0337 e. The molecule has 0 radical (unpaired) electrons. The third-order valence-corrected chi connectivity index (χ3v) is 3.97.